The number of benzene rings is 1. The van der Waals surface area contributed by atoms with Crippen molar-refractivity contribution in [2.75, 3.05) is 0 Å². The largest absolute Gasteiger partial charge is 0.349 e. The van der Waals surface area contributed by atoms with Crippen LogP contribution in [0.5, 0.6) is 0 Å². The number of para-hydroxylation sites is 1. The first kappa shape index (κ1) is 17.7. The van der Waals surface area contributed by atoms with Crippen molar-refractivity contribution < 1.29 is 4.79 Å². The summed E-state index contributed by atoms with van der Waals surface area (Å²) >= 11 is 0. The lowest BCUT2D eigenvalue weighted by molar-refractivity contribution is 0.0941. The highest BCUT2D eigenvalue weighted by atomic mass is 16.1. The molecule has 0 bridgehead atoms. The van der Waals surface area contributed by atoms with E-state index in [2.05, 4.69) is 24.3 Å². The van der Waals surface area contributed by atoms with Gasteiger partial charge in [0.25, 0.3) is 5.91 Å². The summed E-state index contributed by atoms with van der Waals surface area (Å²) in [7, 11) is 1.96. The van der Waals surface area contributed by atoms with E-state index in [9.17, 15) is 4.79 Å². The molecule has 5 nitrogen and oxygen atoms in total. The highest BCUT2D eigenvalue weighted by molar-refractivity contribution is 6.06. The van der Waals surface area contributed by atoms with Crippen molar-refractivity contribution in [2.45, 2.75) is 52.0 Å². The van der Waals surface area contributed by atoms with Crippen LogP contribution in [-0.4, -0.2) is 26.7 Å². The van der Waals surface area contributed by atoms with Gasteiger partial charge in [-0.05, 0) is 57.7 Å². The Hall–Kier alpha value is -2.69. The monoisotopic (exact) mass is 362 g/mol. The number of fused-ring (bicyclic) bond motifs is 1. The number of carbonyl (C=O) groups is 1. The SMILES string of the molecule is Cc1nn(C)c(C)c1C[C@@H](C)NC(=O)c1cc(C2CC2)nc2ccccc12. The molecule has 2 heterocycles. The number of nitrogens with one attached hydrogen (secondary N) is 1. The Kier molecular flexibility index (Phi) is 4.46. The van der Waals surface area contributed by atoms with Crippen LogP contribution in [0.15, 0.2) is 30.3 Å². The van der Waals surface area contributed by atoms with Crippen LogP contribution in [0.4, 0.5) is 0 Å². The molecule has 27 heavy (non-hydrogen) atoms. The van der Waals surface area contributed by atoms with Crippen molar-refractivity contribution >= 4 is 16.8 Å². The van der Waals surface area contributed by atoms with Crippen LogP contribution in [0.2, 0.25) is 0 Å². The molecule has 0 aliphatic heterocycles. The van der Waals surface area contributed by atoms with Crippen LogP contribution in [-0.2, 0) is 13.5 Å². The maximum Gasteiger partial charge on any atom is 0.252 e. The summed E-state index contributed by atoms with van der Waals surface area (Å²) in [4.78, 5) is 17.8. The van der Waals surface area contributed by atoms with Gasteiger partial charge in [0.15, 0.2) is 0 Å². The number of amides is 1. The molecule has 2 aromatic heterocycles. The maximum atomic E-state index is 13.1. The molecule has 0 saturated heterocycles. The first-order chi connectivity index (χ1) is 12.9. The Balaban J connectivity index is 1.59. The summed E-state index contributed by atoms with van der Waals surface area (Å²) in [6.45, 7) is 6.15. The fraction of sp³-hybridized carbons (Fsp3) is 0.409. The van der Waals surface area contributed by atoms with Gasteiger partial charge < -0.3 is 5.32 Å². The third-order valence-electron chi connectivity index (χ3n) is 5.52. The standard InChI is InChI=1S/C22H26N4O/c1-13(11-18-14(2)25-26(4)15(18)3)23-22(27)19-12-21(16-9-10-16)24-20-8-6-5-7-17(19)20/h5-8,12-13,16H,9-11H2,1-4H3,(H,23,27)/t13-/m1/s1. The predicted octanol–water partition coefficient (Wildman–Crippen LogP) is 3.82. The highest BCUT2D eigenvalue weighted by Crippen LogP contribution is 2.40. The summed E-state index contributed by atoms with van der Waals surface area (Å²) in [6.07, 6.45) is 3.11. The molecule has 5 heteroatoms. The molecule has 1 aromatic carbocycles. The minimum Gasteiger partial charge on any atom is -0.349 e. The molecule has 1 amide bonds. The van der Waals surface area contributed by atoms with Gasteiger partial charge >= 0.3 is 0 Å². The zero-order chi connectivity index (χ0) is 19.1. The van der Waals surface area contributed by atoms with Gasteiger partial charge in [0.05, 0.1) is 16.8 Å². The van der Waals surface area contributed by atoms with E-state index in [1.54, 1.807) is 0 Å². The molecular formula is C22H26N4O. The second-order valence-corrected chi connectivity index (χ2v) is 7.74. The van der Waals surface area contributed by atoms with E-state index in [0.29, 0.717) is 5.92 Å². The Bertz CT molecular complexity index is 1020. The van der Waals surface area contributed by atoms with E-state index in [1.165, 1.54) is 18.4 Å². The average Bonchev–Trinajstić information content (AvgIpc) is 3.46. The van der Waals surface area contributed by atoms with Crippen LogP contribution in [0.25, 0.3) is 10.9 Å². The molecule has 1 aliphatic carbocycles. The van der Waals surface area contributed by atoms with Crippen molar-refractivity contribution in [3.63, 3.8) is 0 Å². The number of hydrogen-bond donors (Lipinski definition) is 1. The summed E-state index contributed by atoms with van der Waals surface area (Å²) in [6, 6.07) is 9.92. The van der Waals surface area contributed by atoms with Crippen LogP contribution in [0.1, 0.15) is 58.7 Å². The van der Waals surface area contributed by atoms with Crippen molar-refractivity contribution in [3.05, 3.63) is 58.5 Å². The van der Waals surface area contributed by atoms with E-state index >= 15 is 0 Å². The second kappa shape index (κ2) is 6.80. The number of pyridine rings is 1. The number of nitrogens with zero attached hydrogens (tertiary/aromatic N) is 3. The normalized spacial score (nSPS) is 15.1. The van der Waals surface area contributed by atoms with Gasteiger partial charge in [0, 0.05) is 35.8 Å². The molecule has 1 fully saturated rings. The van der Waals surface area contributed by atoms with E-state index < -0.39 is 0 Å². The molecule has 0 radical (unpaired) electrons. The Morgan fingerprint density at radius 3 is 2.70 bits per heavy atom. The molecule has 0 spiro atoms. The quantitative estimate of drug-likeness (QED) is 0.750. The molecule has 1 aliphatic rings. The molecule has 3 aromatic rings. The minimum absolute atomic E-state index is 0.0235. The Morgan fingerprint density at radius 2 is 2.04 bits per heavy atom. The molecule has 0 unspecified atom stereocenters. The number of aromatic nitrogens is 3. The summed E-state index contributed by atoms with van der Waals surface area (Å²) in [5.41, 5.74) is 6.07. The molecule has 140 valence electrons. The first-order valence-corrected chi connectivity index (χ1v) is 9.63. The van der Waals surface area contributed by atoms with Gasteiger partial charge in [-0.3, -0.25) is 14.5 Å². The first-order valence-electron chi connectivity index (χ1n) is 9.63. The summed E-state index contributed by atoms with van der Waals surface area (Å²) < 4.78 is 1.90. The minimum atomic E-state index is -0.0257. The fourth-order valence-corrected chi connectivity index (χ4v) is 3.74. The topological polar surface area (TPSA) is 59.8 Å². The molecule has 1 saturated carbocycles. The molecule has 1 atom stereocenters. The summed E-state index contributed by atoms with van der Waals surface area (Å²) in [5, 5.41) is 8.58. The van der Waals surface area contributed by atoms with Crippen molar-refractivity contribution in [2.24, 2.45) is 7.05 Å². The lowest BCUT2D eigenvalue weighted by atomic mass is 10.0. The van der Waals surface area contributed by atoms with Crippen LogP contribution in [0, 0.1) is 13.8 Å². The third-order valence-corrected chi connectivity index (χ3v) is 5.52. The predicted molar refractivity (Wildman–Crippen MR) is 107 cm³/mol. The molecule has 4 rings (SSSR count). The molecular weight excluding hydrogens is 336 g/mol. The van der Waals surface area contributed by atoms with E-state index in [-0.39, 0.29) is 11.9 Å². The zero-order valence-electron chi connectivity index (χ0n) is 16.4. The lowest BCUT2D eigenvalue weighted by Crippen LogP contribution is -2.34. The average molecular weight is 362 g/mol. The zero-order valence-corrected chi connectivity index (χ0v) is 16.4. The maximum absolute atomic E-state index is 13.1. The van der Waals surface area contributed by atoms with Crippen molar-refractivity contribution in [1.29, 1.82) is 0 Å². The van der Waals surface area contributed by atoms with Crippen LogP contribution < -0.4 is 5.32 Å². The number of hydrogen-bond acceptors (Lipinski definition) is 3. The summed E-state index contributed by atoms with van der Waals surface area (Å²) in [5.74, 6) is 0.487. The van der Waals surface area contributed by atoms with E-state index in [0.717, 1.165) is 40.0 Å². The third kappa shape index (κ3) is 3.46. The van der Waals surface area contributed by atoms with Gasteiger partial charge in [-0.1, -0.05) is 18.2 Å². The van der Waals surface area contributed by atoms with E-state index in [4.69, 9.17) is 4.98 Å². The van der Waals surface area contributed by atoms with Gasteiger partial charge in [0.1, 0.15) is 0 Å². The lowest BCUT2D eigenvalue weighted by Gasteiger charge is -2.16. The Labute approximate surface area is 159 Å². The second-order valence-electron chi connectivity index (χ2n) is 7.74. The van der Waals surface area contributed by atoms with Gasteiger partial charge in [-0.25, -0.2) is 0 Å². The fourth-order valence-electron chi connectivity index (χ4n) is 3.74. The number of aryl methyl sites for hydroxylation is 2. The van der Waals surface area contributed by atoms with Gasteiger partial charge in [-0.15, -0.1) is 0 Å². The van der Waals surface area contributed by atoms with E-state index in [1.807, 2.05) is 49.0 Å². The van der Waals surface area contributed by atoms with Crippen LogP contribution in [0.3, 0.4) is 0 Å². The smallest absolute Gasteiger partial charge is 0.252 e. The number of carbonyl (C=O) groups excluding carboxylic acids is 1. The number of rotatable bonds is 5. The van der Waals surface area contributed by atoms with Crippen molar-refractivity contribution in [3.8, 4) is 0 Å². The van der Waals surface area contributed by atoms with Gasteiger partial charge in [0.2, 0.25) is 0 Å². The highest BCUT2D eigenvalue weighted by Gasteiger charge is 2.27. The Morgan fingerprint density at radius 1 is 1.30 bits per heavy atom. The van der Waals surface area contributed by atoms with Gasteiger partial charge in [-0.2, -0.15) is 5.10 Å². The van der Waals surface area contributed by atoms with Crippen molar-refractivity contribution in [1.82, 2.24) is 20.1 Å². The molecule has 1 N–H and O–H groups in total. The van der Waals surface area contributed by atoms with Crippen LogP contribution >= 0.6 is 0 Å².